The molecule has 1 amide bonds. The van der Waals surface area contributed by atoms with Crippen molar-refractivity contribution in [2.75, 3.05) is 7.05 Å². The fourth-order valence-corrected chi connectivity index (χ4v) is 1.77. The summed E-state index contributed by atoms with van der Waals surface area (Å²) in [5.41, 5.74) is 1.15. The van der Waals surface area contributed by atoms with Crippen LogP contribution in [-0.4, -0.2) is 17.9 Å². The second-order valence-corrected chi connectivity index (χ2v) is 3.87. The van der Waals surface area contributed by atoms with Crippen LogP contribution in [0.4, 0.5) is 0 Å². The average molecular weight is 243 g/mol. The average Bonchev–Trinajstić information content (AvgIpc) is 2.67. The summed E-state index contributed by atoms with van der Waals surface area (Å²) in [7, 11) is 1.57. The molecular weight excluding hydrogens is 235 g/mol. The summed E-state index contributed by atoms with van der Waals surface area (Å²) in [6, 6.07) is 5.25. The van der Waals surface area contributed by atoms with Crippen molar-refractivity contribution in [2.45, 2.75) is 0 Å². The molecule has 0 unspecified atom stereocenters. The van der Waals surface area contributed by atoms with Crippen molar-refractivity contribution in [3.8, 4) is 0 Å². The van der Waals surface area contributed by atoms with Gasteiger partial charge in [-0.3, -0.25) is 4.79 Å². The largest absolute Gasteiger partial charge is 0.354 e. The number of nitrogens with one attached hydrogen (secondary N) is 2. The van der Waals surface area contributed by atoms with Gasteiger partial charge in [0.25, 0.3) is 5.91 Å². The molecule has 0 spiro atoms. The minimum absolute atomic E-state index is 0.182. The highest BCUT2D eigenvalue weighted by atomic mass is 35.5. The number of benzene rings is 1. The number of halogens is 2. The SMILES string of the molecule is CNC(=O)c1cc2ccc(Cl)c(Cl)c2[nH]1. The Balaban J connectivity index is 2.66. The summed E-state index contributed by atoms with van der Waals surface area (Å²) in [6.07, 6.45) is 0. The molecule has 0 saturated carbocycles. The van der Waals surface area contributed by atoms with Gasteiger partial charge in [0, 0.05) is 12.4 Å². The number of amides is 1. The van der Waals surface area contributed by atoms with Crippen LogP contribution in [0, 0.1) is 0 Å². The molecule has 0 atom stereocenters. The Labute approximate surface area is 96.4 Å². The van der Waals surface area contributed by atoms with Gasteiger partial charge < -0.3 is 10.3 Å². The number of hydrogen-bond acceptors (Lipinski definition) is 1. The molecule has 0 aliphatic rings. The number of H-pyrrole nitrogens is 1. The van der Waals surface area contributed by atoms with Crippen LogP contribution < -0.4 is 5.32 Å². The van der Waals surface area contributed by atoms with Gasteiger partial charge in [-0.1, -0.05) is 29.3 Å². The lowest BCUT2D eigenvalue weighted by Gasteiger charge is -1.96. The number of fused-ring (bicyclic) bond motifs is 1. The van der Waals surface area contributed by atoms with Crippen LogP contribution in [0.15, 0.2) is 18.2 Å². The number of hydrogen-bond donors (Lipinski definition) is 2. The number of aromatic amines is 1. The maximum absolute atomic E-state index is 11.4. The smallest absolute Gasteiger partial charge is 0.267 e. The van der Waals surface area contributed by atoms with Gasteiger partial charge in [0.2, 0.25) is 0 Å². The summed E-state index contributed by atoms with van der Waals surface area (Å²) in [6.45, 7) is 0. The van der Waals surface area contributed by atoms with Crippen molar-refractivity contribution in [3.05, 3.63) is 33.9 Å². The predicted molar refractivity (Wildman–Crippen MR) is 61.7 cm³/mol. The zero-order valence-corrected chi connectivity index (χ0v) is 9.41. The molecule has 2 N–H and O–H groups in total. The lowest BCUT2D eigenvalue weighted by molar-refractivity contribution is 0.0959. The first-order valence-corrected chi connectivity index (χ1v) is 5.08. The van der Waals surface area contributed by atoms with Crippen molar-refractivity contribution in [1.82, 2.24) is 10.3 Å². The van der Waals surface area contributed by atoms with Crippen LogP contribution >= 0.6 is 23.2 Å². The zero-order valence-electron chi connectivity index (χ0n) is 7.90. The summed E-state index contributed by atoms with van der Waals surface area (Å²) >= 11 is 11.9. The van der Waals surface area contributed by atoms with Gasteiger partial charge in [0.1, 0.15) is 5.69 Å². The molecule has 0 radical (unpaired) electrons. The van der Waals surface area contributed by atoms with E-state index in [0.29, 0.717) is 21.3 Å². The third-order valence-electron chi connectivity index (χ3n) is 2.16. The Bertz CT molecular complexity index is 533. The predicted octanol–water partition coefficient (Wildman–Crippen LogP) is 2.83. The van der Waals surface area contributed by atoms with Gasteiger partial charge in [0.15, 0.2) is 0 Å². The van der Waals surface area contributed by atoms with E-state index in [0.717, 1.165) is 5.39 Å². The maximum atomic E-state index is 11.4. The summed E-state index contributed by atoms with van der Waals surface area (Å²) in [5, 5.41) is 4.30. The maximum Gasteiger partial charge on any atom is 0.267 e. The Morgan fingerprint density at radius 2 is 2.13 bits per heavy atom. The van der Waals surface area contributed by atoms with E-state index in [1.54, 1.807) is 19.2 Å². The number of carbonyl (C=O) groups is 1. The summed E-state index contributed by atoms with van der Waals surface area (Å²) in [5.74, 6) is -0.182. The molecular formula is C10H8Cl2N2O. The summed E-state index contributed by atoms with van der Waals surface area (Å²) < 4.78 is 0. The monoisotopic (exact) mass is 242 g/mol. The van der Waals surface area contributed by atoms with Crippen LogP contribution in [0.2, 0.25) is 10.0 Å². The van der Waals surface area contributed by atoms with Crippen molar-refractivity contribution >= 4 is 40.0 Å². The van der Waals surface area contributed by atoms with E-state index < -0.39 is 0 Å². The van der Waals surface area contributed by atoms with E-state index in [9.17, 15) is 4.79 Å². The second kappa shape index (κ2) is 3.76. The van der Waals surface area contributed by atoms with E-state index in [1.165, 1.54) is 0 Å². The molecule has 0 fully saturated rings. The first-order chi connectivity index (χ1) is 7.13. The highest BCUT2D eigenvalue weighted by Gasteiger charge is 2.11. The van der Waals surface area contributed by atoms with Crippen LogP contribution in [0.25, 0.3) is 10.9 Å². The molecule has 1 aromatic carbocycles. The topological polar surface area (TPSA) is 44.9 Å². The molecule has 0 bridgehead atoms. The molecule has 78 valence electrons. The standard InChI is InChI=1S/C10H8Cl2N2O/c1-13-10(15)7-4-5-2-3-6(11)8(12)9(5)14-7/h2-4,14H,1H3,(H,13,15). The lowest BCUT2D eigenvalue weighted by atomic mass is 10.2. The molecule has 2 rings (SSSR count). The molecule has 2 aromatic rings. The molecule has 1 heterocycles. The molecule has 0 aliphatic heterocycles. The van der Waals surface area contributed by atoms with Gasteiger partial charge in [-0.15, -0.1) is 0 Å². The molecule has 0 aliphatic carbocycles. The lowest BCUT2D eigenvalue weighted by Crippen LogP contribution is -2.17. The van der Waals surface area contributed by atoms with Gasteiger partial charge in [-0.25, -0.2) is 0 Å². The molecule has 3 nitrogen and oxygen atoms in total. The van der Waals surface area contributed by atoms with Gasteiger partial charge >= 0.3 is 0 Å². The zero-order chi connectivity index (χ0) is 11.0. The van der Waals surface area contributed by atoms with Crippen molar-refractivity contribution in [3.63, 3.8) is 0 Å². The van der Waals surface area contributed by atoms with Crippen molar-refractivity contribution in [1.29, 1.82) is 0 Å². The second-order valence-electron chi connectivity index (χ2n) is 3.09. The van der Waals surface area contributed by atoms with Crippen LogP contribution in [0.1, 0.15) is 10.5 Å². The van der Waals surface area contributed by atoms with Crippen molar-refractivity contribution < 1.29 is 4.79 Å². The van der Waals surface area contributed by atoms with Crippen LogP contribution in [-0.2, 0) is 0 Å². The van der Waals surface area contributed by atoms with Gasteiger partial charge in [-0.2, -0.15) is 0 Å². The third kappa shape index (κ3) is 1.68. The highest BCUT2D eigenvalue weighted by Crippen LogP contribution is 2.30. The van der Waals surface area contributed by atoms with Crippen LogP contribution in [0.5, 0.6) is 0 Å². The molecule has 15 heavy (non-hydrogen) atoms. The Morgan fingerprint density at radius 3 is 2.80 bits per heavy atom. The first kappa shape index (κ1) is 10.3. The molecule has 5 heteroatoms. The normalized spacial score (nSPS) is 10.6. The quantitative estimate of drug-likeness (QED) is 0.794. The number of rotatable bonds is 1. The van der Waals surface area contributed by atoms with Crippen molar-refractivity contribution in [2.24, 2.45) is 0 Å². The summed E-state index contributed by atoms with van der Waals surface area (Å²) in [4.78, 5) is 14.3. The highest BCUT2D eigenvalue weighted by molar-refractivity contribution is 6.45. The Kier molecular flexibility index (Phi) is 2.59. The van der Waals surface area contributed by atoms with E-state index in [4.69, 9.17) is 23.2 Å². The molecule has 0 saturated heterocycles. The number of aromatic nitrogens is 1. The minimum Gasteiger partial charge on any atom is -0.354 e. The van der Waals surface area contributed by atoms with E-state index >= 15 is 0 Å². The Hall–Kier alpha value is -1.19. The molecule has 1 aromatic heterocycles. The van der Waals surface area contributed by atoms with E-state index in [1.807, 2.05) is 6.07 Å². The Morgan fingerprint density at radius 1 is 1.40 bits per heavy atom. The van der Waals surface area contributed by atoms with E-state index in [-0.39, 0.29) is 5.91 Å². The number of carbonyl (C=O) groups excluding carboxylic acids is 1. The van der Waals surface area contributed by atoms with Gasteiger partial charge in [0.05, 0.1) is 15.6 Å². The van der Waals surface area contributed by atoms with E-state index in [2.05, 4.69) is 10.3 Å². The fraction of sp³-hybridized carbons (Fsp3) is 0.100. The third-order valence-corrected chi connectivity index (χ3v) is 2.96. The van der Waals surface area contributed by atoms with Crippen LogP contribution in [0.3, 0.4) is 0 Å². The fourth-order valence-electron chi connectivity index (χ4n) is 1.40. The van der Waals surface area contributed by atoms with Gasteiger partial charge in [-0.05, 0) is 12.1 Å². The first-order valence-electron chi connectivity index (χ1n) is 4.32. The minimum atomic E-state index is -0.182.